The summed E-state index contributed by atoms with van der Waals surface area (Å²) in [4.78, 5) is 23.3. The first-order valence-corrected chi connectivity index (χ1v) is 8.36. The molecule has 0 spiro atoms. The summed E-state index contributed by atoms with van der Waals surface area (Å²) >= 11 is 4.04. The van der Waals surface area contributed by atoms with Crippen LogP contribution >= 0.6 is 27.7 Å². The Balaban J connectivity index is 2.03. The number of hydrogen-bond acceptors (Lipinski definition) is 9. The van der Waals surface area contributed by atoms with E-state index >= 15 is 0 Å². The summed E-state index contributed by atoms with van der Waals surface area (Å²) in [5, 5.41) is 11.3. The van der Waals surface area contributed by atoms with Crippen LogP contribution in [0.3, 0.4) is 0 Å². The van der Waals surface area contributed by atoms with Crippen molar-refractivity contribution in [1.82, 2.24) is 20.0 Å². The number of nitrogens with zero attached hydrogens (tertiary/aromatic N) is 4. The Hall–Kier alpha value is -2.47. The van der Waals surface area contributed by atoms with E-state index in [4.69, 9.17) is 0 Å². The van der Waals surface area contributed by atoms with Gasteiger partial charge in [-0.3, -0.25) is 9.32 Å². The number of methoxy groups -OCH3 is 1. The minimum Gasteiger partial charge on any atom is -0.468 e. The molecule has 0 fully saturated rings. The van der Waals surface area contributed by atoms with E-state index in [-0.39, 0.29) is 26.8 Å². The van der Waals surface area contributed by atoms with Gasteiger partial charge in [0.15, 0.2) is 10.7 Å². The maximum absolute atomic E-state index is 13.4. The highest BCUT2D eigenvalue weighted by molar-refractivity contribution is 9.10. The van der Waals surface area contributed by atoms with Crippen LogP contribution in [0, 0.1) is 5.82 Å². The third kappa shape index (κ3) is 3.49. The summed E-state index contributed by atoms with van der Waals surface area (Å²) in [5.74, 6) is -1.81. The molecule has 12 heteroatoms. The Kier molecular flexibility index (Phi) is 4.99. The van der Waals surface area contributed by atoms with Gasteiger partial charge in [-0.25, -0.2) is 18.4 Å². The first-order chi connectivity index (χ1) is 12.0. The second kappa shape index (κ2) is 7.19. The van der Waals surface area contributed by atoms with Crippen LogP contribution in [-0.2, 0) is 9.53 Å². The van der Waals surface area contributed by atoms with Crippen molar-refractivity contribution in [3.8, 4) is 17.2 Å². The third-order valence-electron chi connectivity index (χ3n) is 2.99. The van der Waals surface area contributed by atoms with Crippen LogP contribution in [0.15, 0.2) is 41.6 Å². The van der Waals surface area contributed by atoms with E-state index in [1.807, 2.05) is 0 Å². The molecular weight excluding hydrogens is 423 g/mol. The van der Waals surface area contributed by atoms with Gasteiger partial charge in [0.05, 0.1) is 23.0 Å². The lowest BCUT2D eigenvalue weighted by Crippen LogP contribution is -2.13. The van der Waals surface area contributed by atoms with E-state index in [2.05, 4.69) is 45.3 Å². The first kappa shape index (κ1) is 17.4. The average Bonchev–Trinajstić information content (AvgIpc) is 3.21. The van der Waals surface area contributed by atoms with Gasteiger partial charge in [-0.2, -0.15) is 0 Å². The summed E-state index contributed by atoms with van der Waals surface area (Å²) in [6.07, 6.45) is 0. The Bertz CT molecular complexity index is 985. The fourth-order valence-corrected chi connectivity index (χ4v) is 2.94. The lowest BCUT2D eigenvalue weighted by molar-refractivity contribution is -0.137. The molecule has 0 bridgehead atoms. The Morgan fingerprint density at radius 2 is 2.20 bits per heavy atom. The van der Waals surface area contributed by atoms with Crippen molar-refractivity contribution in [3.63, 3.8) is 0 Å². The number of rotatable bonds is 5. The highest BCUT2D eigenvalue weighted by Gasteiger charge is 2.24. The zero-order chi connectivity index (χ0) is 18.0. The molecule has 0 aliphatic heterocycles. The monoisotopic (exact) mass is 430 g/mol. The summed E-state index contributed by atoms with van der Waals surface area (Å²) in [6.45, 7) is 0. The van der Waals surface area contributed by atoms with Crippen molar-refractivity contribution in [2.24, 2.45) is 0 Å². The number of benzene rings is 1. The number of halogens is 2. The van der Waals surface area contributed by atoms with Crippen molar-refractivity contribution >= 4 is 33.7 Å². The fourth-order valence-electron chi connectivity index (χ4n) is 1.85. The van der Waals surface area contributed by atoms with Crippen LogP contribution in [0.1, 0.15) is 0 Å². The van der Waals surface area contributed by atoms with E-state index < -0.39 is 17.5 Å². The number of aromatic nitrogens is 4. The Morgan fingerprint density at radius 3 is 2.92 bits per heavy atom. The van der Waals surface area contributed by atoms with Gasteiger partial charge in [0, 0.05) is 0 Å². The fraction of sp³-hybridized carbons (Fsp3) is 0.154. The van der Waals surface area contributed by atoms with Crippen molar-refractivity contribution in [1.29, 1.82) is 0 Å². The van der Waals surface area contributed by atoms with Crippen molar-refractivity contribution in [2.75, 3.05) is 12.9 Å². The van der Waals surface area contributed by atoms with Gasteiger partial charge in [0.25, 0.3) is 0 Å². The van der Waals surface area contributed by atoms with E-state index in [1.165, 1.54) is 25.3 Å². The van der Waals surface area contributed by atoms with Crippen LogP contribution in [0.4, 0.5) is 4.39 Å². The largest absolute Gasteiger partial charge is 0.468 e. The van der Waals surface area contributed by atoms with E-state index in [0.717, 1.165) is 16.3 Å². The normalized spacial score (nSPS) is 10.8. The number of carbonyl (C=O) groups is 1. The van der Waals surface area contributed by atoms with Crippen LogP contribution in [0.2, 0.25) is 0 Å². The molecule has 25 heavy (non-hydrogen) atoms. The summed E-state index contributed by atoms with van der Waals surface area (Å²) < 4.78 is 28.6. The molecule has 0 saturated carbocycles. The molecular formula is C13H8BrFN4O5S. The minimum atomic E-state index is -0.805. The maximum Gasteiger partial charge on any atom is 0.446 e. The second-order valence-corrected chi connectivity index (χ2v) is 6.31. The zero-order valence-corrected chi connectivity index (χ0v) is 14.8. The van der Waals surface area contributed by atoms with E-state index in [1.54, 1.807) is 0 Å². The number of esters is 1. The van der Waals surface area contributed by atoms with Crippen molar-refractivity contribution in [3.05, 3.63) is 39.0 Å². The molecule has 2 heterocycles. The predicted molar refractivity (Wildman–Crippen MR) is 85.8 cm³/mol. The number of hydrogen-bond donors (Lipinski definition) is 0. The number of carbonyl (C=O) groups excluding carboxylic acids is 1. The number of thioether (sulfide) groups is 1. The van der Waals surface area contributed by atoms with E-state index in [9.17, 15) is 14.0 Å². The molecule has 0 atom stereocenters. The van der Waals surface area contributed by atoms with Crippen LogP contribution in [0.5, 0.6) is 0 Å². The van der Waals surface area contributed by atoms with Gasteiger partial charge in [-0.1, -0.05) is 16.9 Å². The molecule has 3 aromatic rings. The van der Waals surface area contributed by atoms with Gasteiger partial charge < -0.3 is 4.74 Å². The first-order valence-electron chi connectivity index (χ1n) is 6.58. The molecule has 0 aliphatic carbocycles. The lowest BCUT2D eigenvalue weighted by atomic mass is 10.3. The standard InChI is InChI=1S/C13H8BrFN4O5S/c1-22-9(20)5-25-12-10(16-24-18-12)11-17-23-13(21)19(11)6-2-3-8(15)7(14)4-6/h2-4H,5H2,1H3. The second-order valence-electron chi connectivity index (χ2n) is 4.49. The van der Waals surface area contributed by atoms with Gasteiger partial charge in [0.1, 0.15) is 5.82 Å². The quantitative estimate of drug-likeness (QED) is 0.442. The van der Waals surface area contributed by atoms with Crippen molar-refractivity contribution in [2.45, 2.75) is 5.03 Å². The highest BCUT2D eigenvalue weighted by Crippen LogP contribution is 2.28. The Morgan fingerprint density at radius 1 is 1.40 bits per heavy atom. The molecule has 1 aromatic carbocycles. The van der Waals surface area contributed by atoms with Crippen LogP contribution in [-0.4, -0.2) is 38.9 Å². The molecule has 0 N–H and O–H groups in total. The van der Waals surface area contributed by atoms with Gasteiger partial charge in [-0.15, -0.1) is 0 Å². The average molecular weight is 431 g/mol. The summed E-state index contributed by atoms with van der Waals surface area (Å²) in [7, 11) is 1.26. The highest BCUT2D eigenvalue weighted by atomic mass is 79.9. The number of ether oxygens (including phenoxy) is 1. The van der Waals surface area contributed by atoms with Crippen LogP contribution < -0.4 is 5.76 Å². The van der Waals surface area contributed by atoms with Gasteiger partial charge in [0.2, 0.25) is 5.82 Å². The Labute approximate surface area is 151 Å². The van der Waals surface area contributed by atoms with Crippen molar-refractivity contribution < 1.29 is 23.1 Å². The third-order valence-corrected chi connectivity index (χ3v) is 4.52. The zero-order valence-electron chi connectivity index (χ0n) is 12.4. The minimum absolute atomic E-state index is 0.00266. The molecule has 0 amide bonds. The van der Waals surface area contributed by atoms with E-state index in [0.29, 0.717) is 5.69 Å². The maximum atomic E-state index is 13.4. The molecule has 3 rings (SSSR count). The SMILES string of the molecule is COC(=O)CSc1nonc1-c1noc(=O)n1-c1ccc(F)c(Br)c1. The van der Waals surface area contributed by atoms with Crippen LogP contribution in [0.25, 0.3) is 17.2 Å². The molecule has 0 radical (unpaired) electrons. The van der Waals surface area contributed by atoms with Gasteiger partial charge >= 0.3 is 11.7 Å². The predicted octanol–water partition coefficient (Wildman–Crippen LogP) is 2.04. The molecule has 0 unspecified atom stereocenters. The topological polar surface area (TPSA) is 113 Å². The molecule has 9 nitrogen and oxygen atoms in total. The molecule has 2 aromatic heterocycles. The lowest BCUT2D eigenvalue weighted by Gasteiger charge is -2.04. The molecule has 0 aliphatic rings. The molecule has 0 saturated heterocycles. The van der Waals surface area contributed by atoms with Gasteiger partial charge in [-0.05, 0) is 44.4 Å². The smallest absolute Gasteiger partial charge is 0.446 e. The summed E-state index contributed by atoms with van der Waals surface area (Å²) in [6, 6.07) is 3.93. The summed E-state index contributed by atoms with van der Waals surface area (Å²) in [5.41, 5.74) is 0.390. The molecule has 130 valence electrons.